The number of carboxylic acid groups (broad SMARTS) is 1. The van der Waals surface area contributed by atoms with Crippen molar-refractivity contribution in [1.82, 2.24) is 0 Å². The predicted molar refractivity (Wildman–Crippen MR) is 55.7 cm³/mol. The third-order valence-electron chi connectivity index (χ3n) is 1.79. The van der Waals surface area contributed by atoms with Crippen LogP contribution in [0.5, 0.6) is 0 Å². The fourth-order valence-corrected chi connectivity index (χ4v) is 0.986. The third-order valence-corrected chi connectivity index (χ3v) is 1.79. The highest BCUT2D eigenvalue weighted by Gasteiger charge is 2.08. The summed E-state index contributed by atoms with van der Waals surface area (Å²) in [5.74, 6) is -1.38. The summed E-state index contributed by atoms with van der Waals surface area (Å²) in [6.07, 6.45) is 0. The normalized spacial score (nSPS) is 11.9. The lowest BCUT2D eigenvalue weighted by Gasteiger charge is -2.07. The summed E-state index contributed by atoms with van der Waals surface area (Å²) in [6, 6.07) is 5.36. The van der Waals surface area contributed by atoms with E-state index in [1.807, 2.05) is 0 Å². The Labute approximate surface area is 86.9 Å². The van der Waals surface area contributed by atoms with E-state index in [1.54, 1.807) is 19.1 Å². The molecule has 5 heteroatoms. The van der Waals surface area contributed by atoms with Crippen LogP contribution >= 0.6 is 0 Å². The molecule has 1 aromatic carbocycles. The molecule has 0 saturated carbocycles. The summed E-state index contributed by atoms with van der Waals surface area (Å²) in [4.78, 5) is 21.8. The molecule has 15 heavy (non-hydrogen) atoms. The van der Waals surface area contributed by atoms with Crippen LogP contribution in [-0.4, -0.2) is 23.0 Å². The summed E-state index contributed by atoms with van der Waals surface area (Å²) in [6.45, 7) is 1.55. The van der Waals surface area contributed by atoms with Crippen LogP contribution in [0.3, 0.4) is 0 Å². The van der Waals surface area contributed by atoms with Crippen molar-refractivity contribution in [2.24, 2.45) is 5.73 Å². The molecule has 1 atom stereocenters. The van der Waals surface area contributed by atoms with Crippen molar-refractivity contribution in [3.05, 3.63) is 29.8 Å². The SMILES string of the molecule is C[C@H](N)C(=O)Nc1cccc(C(=O)O)c1. The van der Waals surface area contributed by atoms with Gasteiger partial charge < -0.3 is 16.2 Å². The first-order valence-electron chi connectivity index (χ1n) is 4.40. The van der Waals surface area contributed by atoms with Gasteiger partial charge in [0.05, 0.1) is 11.6 Å². The maximum atomic E-state index is 11.2. The molecule has 1 aromatic rings. The van der Waals surface area contributed by atoms with Crippen LogP contribution in [-0.2, 0) is 4.79 Å². The maximum absolute atomic E-state index is 11.2. The minimum Gasteiger partial charge on any atom is -0.478 e. The van der Waals surface area contributed by atoms with Crippen LogP contribution in [0.15, 0.2) is 24.3 Å². The zero-order valence-corrected chi connectivity index (χ0v) is 8.23. The molecule has 1 amide bonds. The summed E-state index contributed by atoms with van der Waals surface area (Å²) in [5, 5.41) is 11.2. The number of amides is 1. The Hall–Kier alpha value is -1.88. The Morgan fingerprint density at radius 2 is 2.13 bits per heavy atom. The van der Waals surface area contributed by atoms with Gasteiger partial charge in [-0.2, -0.15) is 0 Å². The van der Waals surface area contributed by atoms with Crippen LogP contribution in [0.4, 0.5) is 5.69 Å². The lowest BCUT2D eigenvalue weighted by Crippen LogP contribution is -2.32. The molecule has 0 bridgehead atoms. The lowest BCUT2D eigenvalue weighted by atomic mass is 10.2. The van der Waals surface area contributed by atoms with Crippen molar-refractivity contribution in [3.8, 4) is 0 Å². The lowest BCUT2D eigenvalue weighted by molar-refractivity contribution is -0.117. The highest BCUT2D eigenvalue weighted by Crippen LogP contribution is 2.10. The number of rotatable bonds is 3. The molecule has 4 N–H and O–H groups in total. The quantitative estimate of drug-likeness (QED) is 0.680. The van der Waals surface area contributed by atoms with Crippen molar-refractivity contribution in [3.63, 3.8) is 0 Å². The number of hydrogen-bond acceptors (Lipinski definition) is 3. The van der Waals surface area contributed by atoms with Crippen LogP contribution in [0.1, 0.15) is 17.3 Å². The summed E-state index contributed by atoms with van der Waals surface area (Å²) in [7, 11) is 0. The Morgan fingerprint density at radius 3 is 2.67 bits per heavy atom. The molecule has 0 heterocycles. The second-order valence-electron chi connectivity index (χ2n) is 3.16. The molecule has 0 aliphatic carbocycles. The fourth-order valence-electron chi connectivity index (χ4n) is 0.986. The highest BCUT2D eigenvalue weighted by molar-refractivity contribution is 5.96. The number of benzene rings is 1. The average Bonchev–Trinajstić information content (AvgIpc) is 2.18. The van der Waals surface area contributed by atoms with Gasteiger partial charge in [0, 0.05) is 5.69 Å². The monoisotopic (exact) mass is 208 g/mol. The first kappa shape index (κ1) is 11.2. The zero-order valence-electron chi connectivity index (χ0n) is 8.23. The maximum Gasteiger partial charge on any atom is 0.335 e. The molecule has 0 radical (unpaired) electrons. The molecule has 80 valence electrons. The Kier molecular flexibility index (Phi) is 3.41. The topological polar surface area (TPSA) is 92.4 Å². The molecular weight excluding hydrogens is 196 g/mol. The van der Waals surface area contributed by atoms with Gasteiger partial charge in [0.15, 0.2) is 0 Å². The van der Waals surface area contributed by atoms with Crippen molar-refractivity contribution in [2.75, 3.05) is 5.32 Å². The number of carbonyl (C=O) groups excluding carboxylic acids is 1. The van der Waals surface area contributed by atoms with Gasteiger partial charge in [-0.1, -0.05) is 6.07 Å². The Morgan fingerprint density at radius 1 is 1.47 bits per heavy atom. The van der Waals surface area contributed by atoms with E-state index in [-0.39, 0.29) is 11.5 Å². The van der Waals surface area contributed by atoms with Crippen molar-refractivity contribution in [1.29, 1.82) is 0 Å². The van der Waals surface area contributed by atoms with E-state index in [9.17, 15) is 9.59 Å². The Bertz CT molecular complexity index is 388. The van der Waals surface area contributed by atoms with Gasteiger partial charge >= 0.3 is 5.97 Å². The zero-order chi connectivity index (χ0) is 11.4. The number of nitrogens with two attached hydrogens (primary N) is 1. The van der Waals surface area contributed by atoms with Crippen molar-refractivity contribution >= 4 is 17.6 Å². The van der Waals surface area contributed by atoms with Gasteiger partial charge in [0.2, 0.25) is 5.91 Å². The smallest absolute Gasteiger partial charge is 0.335 e. The molecular formula is C10H12N2O3. The minimum atomic E-state index is -1.04. The second-order valence-corrected chi connectivity index (χ2v) is 3.16. The molecule has 0 aliphatic heterocycles. The average molecular weight is 208 g/mol. The first-order valence-corrected chi connectivity index (χ1v) is 4.40. The number of anilines is 1. The van der Waals surface area contributed by atoms with E-state index in [2.05, 4.69) is 5.32 Å². The number of carbonyl (C=O) groups is 2. The van der Waals surface area contributed by atoms with E-state index in [0.717, 1.165) is 0 Å². The van der Waals surface area contributed by atoms with E-state index >= 15 is 0 Å². The molecule has 0 saturated heterocycles. The molecule has 0 fully saturated rings. The van der Waals surface area contributed by atoms with E-state index in [0.29, 0.717) is 5.69 Å². The Balaban J connectivity index is 2.83. The third kappa shape index (κ3) is 3.07. The molecule has 1 rings (SSSR count). The van der Waals surface area contributed by atoms with Gasteiger partial charge in [-0.05, 0) is 25.1 Å². The van der Waals surface area contributed by atoms with Crippen LogP contribution in [0, 0.1) is 0 Å². The molecule has 0 spiro atoms. The number of nitrogens with one attached hydrogen (secondary N) is 1. The minimum absolute atomic E-state index is 0.123. The standard InChI is InChI=1S/C10H12N2O3/c1-6(11)9(13)12-8-4-2-3-7(5-8)10(14)15/h2-6H,11H2,1H3,(H,12,13)(H,14,15)/t6-/m0/s1. The van der Waals surface area contributed by atoms with E-state index in [1.165, 1.54) is 12.1 Å². The van der Waals surface area contributed by atoms with Gasteiger partial charge in [0.25, 0.3) is 0 Å². The molecule has 0 aromatic heterocycles. The van der Waals surface area contributed by atoms with Crippen molar-refractivity contribution in [2.45, 2.75) is 13.0 Å². The molecule has 5 nitrogen and oxygen atoms in total. The van der Waals surface area contributed by atoms with Crippen LogP contribution in [0.2, 0.25) is 0 Å². The van der Waals surface area contributed by atoms with E-state index < -0.39 is 12.0 Å². The van der Waals surface area contributed by atoms with Crippen LogP contribution < -0.4 is 11.1 Å². The van der Waals surface area contributed by atoms with Crippen LogP contribution in [0.25, 0.3) is 0 Å². The number of hydrogen-bond donors (Lipinski definition) is 3. The number of carboxylic acids is 1. The predicted octanol–water partition coefficient (Wildman–Crippen LogP) is 0.670. The molecule has 0 aliphatic rings. The first-order chi connectivity index (χ1) is 7.00. The molecule has 0 unspecified atom stereocenters. The van der Waals surface area contributed by atoms with Gasteiger partial charge in [-0.3, -0.25) is 4.79 Å². The second kappa shape index (κ2) is 4.56. The summed E-state index contributed by atoms with van der Waals surface area (Å²) in [5.41, 5.74) is 5.90. The highest BCUT2D eigenvalue weighted by atomic mass is 16.4. The van der Waals surface area contributed by atoms with Gasteiger partial charge in [-0.25, -0.2) is 4.79 Å². The fraction of sp³-hybridized carbons (Fsp3) is 0.200. The summed E-state index contributed by atoms with van der Waals surface area (Å²) >= 11 is 0. The van der Waals surface area contributed by atoms with Crippen molar-refractivity contribution < 1.29 is 14.7 Å². The van der Waals surface area contributed by atoms with E-state index in [4.69, 9.17) is 10.8 Å². The van der Waals surface area contributed by atoms with Gasteiger partial charge in [0.1, 0.15) is 0 Å². The van der Waals surface area contributed by atoms with Gasteiger partial charge in [-0.15, -0.1) is 0 Å². The number of aromatic carboxylic acids is 1. The summed E-state index contributed by atoms with van der Waals surface area (Å²) < 4.78 is 0. The largest absolute Gasteiger partial charge is 0.478 e.